The van der Waals surface area contributed by atoms with Crippen molar-refractivity contribution in [3.05, 3.63) is 29.6 Å². The van der Waals surface area contributed by atoms with Crippen LogP contribution in [0.1, 0.15) is 18.9 Å². The Morgan fingerprint density at radius 1 is 1.56 bits per heavy atom. The molecule has 2 heterocycles. The molecule has 1 aromatic carbocycles. The van der Waals surface area contributed by atoms with Gasteiger partial charge in [0.1, 0.15) is 17.7 Å². The van der Waals surface area contributed by atoms with Crippen molar-refractivity contribution >= 4 is 0 Å². The Hall–Kier alpha value is -1.13. The quantitative estimate of drug-likeness (QED) is 0.852. The monoisotopic (exact) mass is 250 g/mol. The van der Waals surface area contributed by atoms with Crippen LogP contribution >= 0.6 is 0 Å². The van der Waals surface area contributed by atoms with Gasteiger partial charge in [-0.1, -0.05) is 0 Å². The highest BCUT2D eigenvalue weighted by Crippen LogP contribution is 2.29. The summed E-state index contributed by atoms with van der Waals surface area (Å²) in [5, 5.41) is 6.93. The van der Waals surface area contributed by atoms with Crippen LogP contribution in [-0.2, 0) is 6.42 Å². The predicted octanol–water partition coefficient (Wildman–Crippen LogP) is 1.47. The fraction of sp³-hybridized carbons (Fsp3) is 0.571. The van der Waals surface area contributed by atoms with E-state index in [9.17, 15) is 4.39 Å². The SMILES string of the molecule is CC1(NCC2Cc3cc(F)ccc3O2)CCNC1. The molecule has 0 amide bonds. The molecule has 3 rings (SSSR count). The maximum Gasteiger partial charge on any atom is 0.123 e. The summed E-state index contributed by atoms with van der Waals surface area (Å²) >= 11 is 0. The summed E-state index contributed by atoms with van der Waals surface area (Å²) in [4.78, 5) is 0. The van der Waals surface area contributed by atoms with Gasteiger partial charge in [-0.2, -0.15) is 0 Å². The molecular formula is C14H19FN2O. The van der Waals surface area contributed by atoms with E-state index in [1.807, 2.05) is 0 Å². The third-order valence-electron chi connectivity index (χ3n) is 3.89. The van der Waals surface area contributed by atoms with Gasteiger partial charge in [-0.15, -0.1) is 0 Å². The zero-order valence-corrected chi connectivity index (χ0v) is 10.6. The molecule has 2 N–H and O–H groups in total. The summed E-state index contributed by atoms with van der Waals surface area (Å²) in [6.07, 6.45) is 2.06. The highest BCUT2D eigenvalue weighted by Gasteiger charge is 2.30. The number of benzene rings is 1. The minimum Gasteiger partial charge on any atom is -0.488 e. The summed E-state index contributed by atoms with van der Waals surface area (Å²) in [5.41, 5.74) is 1.15. The first-order valence-electron chi connectivity index (χ1n) is 6.55. The Morgan fingerprint density at radius 2 is 2.44 bits per heavy atom. The van der Waals surface area contributed by atoms with Crippen LogP contribution in [0, 0.1) is 5.82 Å². The van der Waals surface area contributed by atoms with E-state index in [4.69, 9.17) is 4.74 Å². The molecule has 2 atom stereocenters. The zero-order valence-electron chi connectivity index (χ0n) is 10.6. The molecule has 2 aliphatic rings. The largest absolute Gasteiger partial charge is 0.488 e. The van der Waals surface area contributed by atoms with Gasteiger partial charge in [0.15, 0.2) is 0 Å². The Bertz CT molecular complexity index is 443. The average molecular weight is 250 g/mol. The third kappa shape index (κ3) is 2.35. The summed E-state index contributed by atoms with van der Waals surface area (Å²) in [6, 6.07) is 4.76. The third-order valence-corrected chi connectivity index (χ3v) is 3.89. The van der Waals surface area contributed by atoms with Gasteiger partial charge in [0.05, 0.1) is 0 Å². The van der Waals surface area contributed by atoms with Gasteiger partial charge in [0.25, 0.3) is 0 Å². The lowest BCUT2D eigenvalue weighted by atomic mass is 10.0. The summed E-state index contributed by atoms with van der Waals surface area (Å²) < 4.78 is 18.9. The Labute approximate surface area is 107 Å². The second kappa shape index (κ2) is 4.52. The maximum atomic E-state index is 13.1. The lowest BCUT2D eigenvalue weighted by Gasteiger charge is -2.26. The van der Waals surface area contributed by atoms with Crippen LogP contribution in [0.4, 0.5) is 4.39 Å². The molecule has 2 aliphatic heterocycles. The van der Waals surface area contributed by atoms with Gasteiger partial charge in [0.2, 0.25) is 0 Å². The minimum atomic E-state index is -0.182. The first kappa shape index (κ1) is 11.9. The molecule has 18 heavy (non-hydrogen) atoms. The van der Waals surface area contributed by atoms with E-state index in [0.29, 0.717) is 0 Å². The second-order valence-corrected chi connectivity index (χ2v) is 5.56. The Morgan fingerprint density at radius 3 is 3.22 bits per heavy atom. The molecule has 1 fully saturated rings. The van der Waals surface area contributed by atoms with E-state index in [0.717, 1.165) is 43.8 Å². The lowest BCUT2D eigenvalue weighted by Crippen LogP contribution is -2.48. The van der Waals surface area contributed by atoms with E-state index in [1.54, 1.807) is 12.1 Å². The Balaban J connectivity index is 1.58. The van der Waals surface area contributed by atoms with Crippen molar-refractivity contribution in [2.24, 2.45) is 0 Å². The molecule has 0 spiro atoms. The van der Waals surface area contributed by atoms with Crippen LogP contribution in [-0.4, -0.2) is 31.3 Å². The number of halogens is 1. The fourth-order valence-electron chi connectivity index (χ4n) is 2.73. The number of hydrogen-bond acceptors (Lipinski definition) is 3. The maximum absolute atomic E-state index is 13.1. The van der Waals surface area contributed by atoms with Crippen molar-refractivity contribution in [1.29, 1.82) is 0 Å². The topological polar surface area (TPSA) is 33.3 Å². The van der Waals surface area contributed by atoms with Crippen LogP contribution in [0.2, 0.25) is 0 Å². The number of ether oxygens (including phenoxy) is 1. The highest BCUT2D eigenvalue weighted by molar-refractivity contribution is 5.37. The standard InChI is InChI=1S/C14H19FN2O/c1-14(4-5-16-9-14)17-8-12-7-10-6-11(15)2-3-13(10)18-12/h2-3,6,12,16-17H,4-5,7-9H2,1H3. The van der Waals surface area contributed by atoms with Gasteiger partial charge in [-0.25, -0.2) is 4.39 Å². The summed E-state index contributed by atoms with van der Waals surface area (Å²) in [7, 11) is 0. The number of hydrogen-bond donors (Lipinski definition) is 2. The van der Waals surface area contributed by atoms with Gasteiger partial charge in [-0.3, -0.25) is 0 Å². The van der Waals surface area contributed by atoms with Crippen LogP contribution in [0.25, 0.3) is 0 Å². The van der Waals surface area contributed by atoms with Crippen molar-refractivity contribution < 1.29 is 9.13 Å². The van der Waals surface area contributed by atoms with Gasteiger partial charge >= 0.3 is 0 Å². The first-order chi connectivity index (χ1) is 8.65. The smallest absolute Gasteiger partial charge is 0.123 e. The van der Waals surface area contributed by atoms with Gasteiger partial charge in [0, 0.05) is 30.6 Å². The molecule has 0 aliphatic carbocycles. The lowest BCUT2D eigenvalue weighted by molar-refractivity contribution is 0.208. The normalized spacial score (nSPS) is 30.2. The van der Waals surface area contributed by atoms with Crippen molar-refractivity contribution in [2.75, 3.05) is 19.6 Å². The summed E-state index contributed by atoms with van der Waals surface area (Å²) in [5.74, 6) is 0.649. The van der Waals surface area contributed by atoms with E-state index < -0.39 is 0 Å². The average Bonchev–Trinajstić information content (AvgIpc) is 2.93. The van der Waals surface area contributed by atoms with E-state index in [1.165, 1.54) is 6.07 Å². The van der Waals surface area contributed by atoms with E-state index >= 15 is 0 Å². The molecular weight excluding hydrogens is 231 g/mol. The van der Waals surface area contributed by atoms with Crippen molar-refractivity contribution in [3.63, 3.8) is 0 Å². The first-order valence-corrected chi connectivity index (χ1v) is 6.55. The van der Waals surface area contributed by atoms with Gasteiger partial charge < -0.3 is 15.4 Å². The van der Waals surface area contributed by atoms with E-state index in [-0.39, 0.29) is 17.5 Å². The molecule has 1 saturated heterocycles. The predicted molar refractivity (Wildman–Crippen MR) is 68.4 cm³/mol. The van der Waals surface area contributed by atoms with Crippen molar-refractivity contribution in [3.8, 4) is 5.75 Å². The van der Waals surface area contributed by atoms with Crippen molar-refractivity contribution in [1.82, 2.24) is 10.6 Å². The number of rotatable bonds is 3. The molecule has 3 nitrogen and oxygen atoms in total. The fourth-order valence-corrected chi connectivity index (χ4v) is 2.73. The molecule has 0 aromatic heterocycles. The van der Waals surface area contributed by atoms with Gasteiger partial charge in [-0.05, 0) is 38.1 Å². The number of nitrogens with one attached hydrogen (secondary N) is 2. The molecule has 0 saturated carbocycles. The van der Waals surface area contributed by atoms with Crippen LogP contribution < -0.4 is 15.4 Å². The zero-order chi connectivity index (χ0) is 12.6. The molecule has 2 unspecified atom stereocenters. The van der Waals surface area contributed by atoms with Crippen molar-refractivity contribution in [2.45, 2.75) is 31.4 Å². The Kier molecular flexibility index (Phi) is 2.99. The highest BCUT2D eigenvalue weighted by atomic mass is 19.1. The second-order valence-electron chi connectivity index (χ2n) is 5.56. The van der Waals surface area contributed by atoms with E-state index in [2.05, 4.69) is 17.6 Å². The summed E-state index contributed by atoms with van der Waals surface area (Å²) in [6.45, 7) is 5.12. The van der Waals surface area contributed by atoms with Crippen LogP contribution in [0.5, 0.6) is 5.75 Å². The molecule has 0 radical (unpaired) electrons. The minimum absolute atomic E-state index is 0.124. The molecule has 98 valence electrons. The van der Waals surface area contributed by atoms with Crippen LogP contribution in [0.15, 0.2) is 18.2 Å². The van der Waals surface area contributed by atoms with Crippen LogP contribution in [0.3, 0.4) is 0 Å². The number of fused-ring (bicyclic) bond motifs is 1. The molecule has 4 heteroatoms. The molecule has 1 aromatic rings. The molecule has 0 bridgehead atoms.